The number of amides is 2. The molecule has 0 aromatic carbocycles. The van der Waals surface area contributed by atoms with Crippen LogP contribution in [0.2, 0.25) is 0 Å². The van der Waals surface area contributed by atoms with Crippen LogP contribution in [-0.2, 0) is 14.3 Å². The van der Waals surface area contributed by atoms with Gasteiger partial charge in [0.15, 0.2) is 0 Å². The molecule has 0 bridgehead atoms. The van der Waals surface area contributed by atoms with Crippen molar-refractivity contribution in [2.75, 3.05) is 34.0 Å². The first-order valence-electron chi connectivity index (χ1n) is 6.69. The van der Waals surface area contributed by atoms with Crippen LogP contribution in [0.3, 0.4) is 0 Å². The monoisotopic (exact) mass is 290 g/mol. The molecule has 0 aliphatic rings. The number of nitrogens with zero attached hydrogens (tertiary/aromatic N) is 1. The van der Waals surface area contributed by atoms with Gasteiger partial charge < -0.3 is 24.8 Å². The van der Waals surface area contributed by atoms with E-state index in [1.54, 1.807) is 26.0 Å². The van der Waals surface area contributed by atoms with E-state index >= 15 is 0 Å². The van der Waals surface area contributed by atoms with Crippen molar-refractivity contribution in [2.45, 2.75) is 38.8 Å². The van der Waals surface area contributed by atoms with Crippen molar-refractivity contribution >= 4 is 12.0 Å². The van der Waals surface area contributed by atoms with E-state index in [9.17, 15) is 9.59 Å². The highest BCUT2D eigenvalue weighted by Gasteiger charge is 2.21. The summed E-state index contributed by atoms with van der Waals surface area (Å²) in [5.41, 5.74) is 0. The minimum Gasteiger partial charge on any atom is -0.481 e. The molecule has 0 heterocycles. The van der Waals surface area contributed by atoms with Crippen LogP contribution in [0.25, 0.3) is 0 Å². The molecule has 7 heteroatoms. The Balaban J connectivity index is 4.41. The second-order valence-corrected chi connectivity index (χ2v) is 4.77. The number of methoxy groups -OCH3 is 2. The summed E-state index contributed by atoms with van der Waals surface area (Å²) in [7, 11) is 3.16. The lowest BCUT2D eigenvalue weighted by Gasteiger charge is -2.30. The zero-order valence-corrected chi connectivity index (χ0v) is 12.7. The van der Waals surface area contributed by atoms with Gasteiger partial charge in [-0.25, -0.2) is 4.79 Å². The van der Waals surface area contributed by atoms with Crippen molar-refractivity contribution in [1.29, 1.82) is 0 Å². The highest BCUT2D eigenvalue weighted by atomic mass is 16.5. The number of urea groups is 1. The second-order valence-electron chi connectivity index (χ2n) is 4.77. The maximum absolute atomic E-state index is 12.2. The summed E-state index contributed by atoms with van der Waals surface area (Å²) in [5.74, 6) is -0.866. The molecule has 0 saturated carbocycles. The molecule has 2 unspecified atom stereocenters. The molecule has 0 aliphatic carbocycles. The first-order chi connectivity index (χ1) is 9.42. The van der Waals surface area contributed by atoms with E-state index in [0.29, 0.717) is 26.2 Å². The topological polar surface area (TPSA) is 88.1 Å². The molecule has 2 amide bonds. The Hall–Kier alpha value is -1.34. The summed E-state index contributed by atoms with van der Waals surface area (Å²) in [6.07, 6.45) is 0.436. The Labute approximate surface area is 120 Å². The number of rotatable bonds is 10. The molecule has 0 radical (unpaired) electrons. The van der Waals surface area contributed by atoms with Crippen LogP contribution < -0.4 is 5.32 Å². The number of carboxylic acids is 1. The van der Waals surface area contributed by atoms with E-state index in [4.69, 9.17) is 14.6 Å². The van der Waals surface area contributed by atoms with Crippen LogP contribution >= 0.6 is 0 Å². The van der Waals surface area contributed by atoms with Crippen molar-refractivity contribution < 1.29 is 24.2 Å². The van der Waals surface area contributed by atoms with Crippen LogP contribution in [0.15, 0.2) is 0 Å². The molecular formula is C13H26N2O5. The number of nitrogens with one attached hydrogen (secondary N) is 1. The second kappa shape index (κ2) is 10.4. The molecule has 2 atom stereocenters. The van der Waals surface area contributed by atoms with E-state index < -0.39 is 5.97 Å². The third-order valence-corrected chi connectivity index (χ3v) is 2.90. The van der Waals surface area contributed by atoms with Gasteiger partial charge in [-0.3, -0.25) is 4.79 Å². The molecule has 0 fully saturated rings. The van der Waals surface area contributed by atoms with Gasteiger partial charge in [-0.2, -0.15) is 0 Å². The van der Waals surface area contributed by atoms with Crippen LogP contribution in [0.5, 0.6) is 0 Å². The highest BCUT2D eigenvalue weighted by molar-refractivity contribution is 5.75. The molecule has 0 aliphatic heterocycles. The van der Waals surface area contributed by atoms with Crippen LogP contribution in [0, 0.1) is 0 Å². The summed E-state index contributed by atoms with van der Waals surface area (Å²) in [4.78, 5) is 24.3. The van der Waals surface area contributed by atoms with Gasteiger partial charge in [-0.15, -0.1) is 0 Å². The summed E-state index contributed by atoms with van der Waals surface area (Å²) >= 11 is 0. The predicted molar refractivity (Wildman–Crippen MR) is 74.8 cm³/mol. The maximum Gasteiger partial charge on any atom is 0.318 e. The van der Waals surface area contributed by atoms with Crippen molar-refractivity contribution in [1.82, 2.24) is 10.2 Å². The third kappa shape index (κ3) is 7.96. The standard InChI is InChI=1S/C13H26N2O5/c1-10(5-6-12(16)17)14-13(18)15(7-8-19-3)11(2)9-20-4/h10-11H,5-9H2,1-4H3,(H,14,18)(H,16,17). The minimum absolute atomic E-state index is 0.0349. The largest absolute Gasteiger partial charge is 0.481 e. The fraction of sp³-hybridized carbons (Fsp3) is 0.846. The number of carbonyl (C=O) groups excluding carboxylic acids is 1. The van der Waals surface area contributed by atoms with E-state index in [1.807, 2.05) is 6.92 Å². The van der Waals surface area contributed by atoms with Crippen molar-refractivity contribution in [3.63, 3.8) is 0 Å². The molecule has 20 heavy (non-hydrogen) atoms. The number of aliphatic carboxylic acids is 1. The van der Waals surface area contributed by atoms with Gasteiger partial charge in [0.05, 0.1) is 19.3 Å². The van der Waals surface area contributed by atoms with Gasteiger partial charge in [0.2, 0.25) is 0 Å². The fourth-order valence-corrected chi connectivity index (χ4v) is 1.75. The number of hydrogen-bond acceptors (Lipinski definition) is 4. The molecule has 0 aromatic rings. The number of carbonyl (C=O) groups is 2. The Morgan fingerprint density at radius 1 is 1.25 bits per heavy atom. The smallest absolute Gasteiger partial charge is 0.318 e. The van der Waals surface area contributed by atoms with Crippen LogP contribution in [0.1, 0.15) is 26.7 Å². The van der Waals surface area contributed by atoms with E-state index in [2.05, 4.69) is 5.32 Å². The Morgan fingerprint density at radius 3 is 2.40 bits per heavy atom. The zero-order chi connectivity index (χ0) is 15.5. The van der Waals surface area contributed by atoms with Gasteiger partial charge in [0.1, 0.15) is 0 Å². The van der Waals surface area contributed by atoms with Gasteiger partial charge in [0.25, 0.3) is 0 Å². The van der Waals surface area contributed by atoms with Crippen molar-refractivity contribution in [2.24, 2.45) is 0 Å². The summed E-state index contributed by atoms with van der Waals surface area (Å²) in [6.45, 7) is 5.00. The maximum atomic E-state index is 12.2. The SMILES string of the molecule is COCCN(C(=O)NC(C)CCC(=O)O)C(C)COC. The van der Waals surface area contributed by atoms with Gasteiger partial charge >= 0.3 is 12.0 Å². The number of ether oxygens (including phenoxy) is 2. The first-order valence-corrected chi connectivity index (χ1v) is 6.69. The minimum atomic E-state index is -0.866. The quantitative estimate of drug-likeness (QED) is 0.625. The Kier molecular flexibility index (Phi) is 9.75. The molecule has 118 valence electrons. The lowest BCUT2D eigenvalue weighted by atomic mass is 10.2. The summed E-state index contributed by atoms with van der Waals surface area (Å²) < 4.78 is 10.1. The van der Waals surface area contributed by atoms with Crippen LogP contribution in [-0.4, -0.2) is 68.1 Å². The summed E-state index contributed by atoms with van der Waals surface area (Å²) in [6, 6.07) is -0.510. The lowest BCUT2D eigenvalue weighted by Crippen LogP contribution is -2.50. The van der Waals surface area contributed by atoms with E-state index in [0.717, 1.165) is 0 Å². The normalized spacial score (nSPS) is 13.6. The fourth-order valence-electron chi connectivity index (χ4n) is 1.75. The van der Waals surface area contributed by atoms with E-state index in [-0.39, 0.29) is 24.5 Å². The number of hydrogen-bond donors (Lipinski definition) is 2. The molecule has 0 rings (SSSR count). The van der Waals surface area contributed by atoms with E-state index in [1.165, 1.54) is 0 Å². The van der Waals surface area contributed by atoms with Crippen LogP contribution in [0.4, 0.5) is 4.79 Å². The number of carboxylic acid groups (broad SMARTS) is 1. The summed E-state index contributed by atoms with van der Waals surface area (Å²) in [5, 5.41) is 11.4. The average Bonchev–Trinajstić information content (AvgIpc) is 2.37. The Bertz CT molecular complexity index is 298. The molecule has 7 nitrogen and oxygen atoms in total. The highest BCUT2D eigenvalue weighted by Crippen LogP contribution is 2.03. The average molecular weight is 290 g/mol. The molecule has 2 N–H and O–H groups in total. The van der Waals surface area contributed by atoms with Gasteiger partial charge in [-0.1, -0.05) is 0 Å². The van der Waals surface area contributed by atoms with Gasteiger partial charge in [-0.05, 0) is 20.3 Å². The molecule has 0 spiro atoms. The molecule has 0 saturated heterocycles. The lowest BCUT2D eigenvalue weighted by molar-refractivity contribution is -0.137. The zero-order valence-electron chi connectivity index (χ0n) is 12.7. The molecule has 0 aromatic heterocycles. The Morgan fingerprint density at radius 2 is 1.90 bits per heavy atom. The molecular weight excluding hydrogens is 264 g/mol. The van der Waals surface area contributed by atoms with Crippen molar-refractivity contribution in [3.8, 4) is 0 Å². The predicted octanol–water partition coefficient (Wildman–Crippen LogP) is 0.933. The van der Waals surface area contributed by atoms with Gasteiger partial charge in [0, 0.05) is 33.2 Å². The van der Waals surface area contributed by atoms with Crippen molar-refractivity contribution in [3.05, 3.63) is 0 Å². The first kappa shape index (κ1) is 18.7. The third-order valence-electron chi connectivity index (χ3n) is 2.90.